The number of nitrogens with zero attached hydrogens (tertiary/aromatic N) is 3. The smallest absolute Gasteiger partial charge is 0.328 e. The van der Waals surface area contributed by atoms with Crippen molar-refractivity contribution in [2.75, 3.05) is 59.6 Å². The van der Waals surface area contributed by atoms with Crippen LogP contribution >= 0.6 is 23.2 Å². The molecule has 0 spiro atoms. The van der Waals surface area contributed by atoms with Crippen LogP contribution in [0.1, 0.15) is 44.9 Å². The summed E-state index contributed by atoms with van der Waals surface area (Å²) in [7, 11) is -2.87. The van der Waals surface area contributed by atoms with Crippen molar-refractivity contribution in [2.45, 2.75) is 61.9 Å². The van der Waals surface area contributed by atoms with E-state index in [1.807, 2.05) is 4.90 Å². The fraction of sp³-hybridized carbons (Fsp3) is 0.679. The highest BCUT2D eigenvalue weighted by Gasteiger charge is 2.41. The van der Waals surface area contributed by atoms with Crippen LogP contribution in [0.25, 0.3) is 0 Å². The number of halogens is 2. The Kier molecular flexibility index (Phi) is 11.9. The van der Waals surface area contributed by atoms with Crippen molar-refractivity contribution in [1.82, 2.24) is 19.4 Å². The quantitative estimate of drug-likeness (QED) is 0.364. The van der Waals surface area contributed by atoms with Gasteiger partial charge in [0.2, 0.25) is 21.8 Å². The Morgan fingerprint density at radius 2 is 1.69 bits per heavy atom. The molecule has 3 fully saturated rings. The van der Waals surface area contributed by atoms with E-state index in [0.29, 0.717) is 25.4 Å². The van der Waals surface area contributed by atoms with E-state index in [0.717, 1.165) is 56.4 Å². The summed E-state index contributed by atoms with van der Waals surface area (Å²) in [5.41, 5.74) is 0. The van der Waals surface area contributed by atoms with Crippen LogP contribution in [0, 0.1) is 5.92 Å². The van der Waals surface area contributed by atoms with Gasteiger partial charge in [0.05, 0.1) is 25.2 Å². The SMILES string of the molecule is COC(=O)[C@H](CCC(=O)N1CCC(CCN2CCOCC2)CC1)NC(=O)[C@@H]1CCCN1S(=O)(=O)c1cc(Cl)cc(Cl)c1. The molecular formula is C28H40Cl2N4O7S. The van der Waals surface area contributed by atoms with E-state index in [2.05, 4.69) is 10.2 Å². The summed E-state index contributed by atoms with van der Waals surface area (Å²) in [4.78, 5) is 42.9. The molecule has 3 saturated heterocycles. The fourth-order valence-electron chi connectivity index (χ4n) is 5.85. The molecule has 1 aromatic rings. The predicted molar refractivity (Wildman–Crippen MR) is 158 cm³/mol. The van der Waals surface area contributed by atoms with Gasteiger partial charge in [-0.25, -0.2) is 13.2 Å². The highest BCUT2D eigenvalue weighted by atomic mass is 35.5. The van der Waals surface area contributed by atoms with Crippen molar-refractivity contribution in [1.29, 1.82) is 0 Å². The Hall–Kier alpha value is -1.96. The standard InChI is InChI=1S/C28H40Cl2N4O7S/c1-40-28(37)24(4-5-26(35)33-11-7-20(8-12-33)6-10-32-13-15-41-16-14-32)31-27(36)25-3-2-9-34(25)42(38,39)23-18-21(29)17-22(30)19-23/h17-20,24-25H,2-16H2,1H3,(H,31,36)/t24-,25-/m0/s1. The lowest BCUT2D eigenvalue weighted by Crippen LogP contribution is -2.51. The Labute approximate surface area is 257 Å². The third-order valence-corrected chi connectivity index (χ3v) is 10.6. The van der Waals surface area contributed by atoms with Crippen LogP contribution in [0.3, 0.4) is 0 Å². The van der Waals surface area contributed by atoms with Gasteiger partial charge in [-0.2, -0.15) is 4.31 Å². The van der Waals surface area contributed by atoms with Crippen molar-refractivity contribution in [2.24, 2.45) is 5.92 Å². The third kappa shape index (κ3) is 8.57. The van der Waals surface area contributed by atoms with Gasteiger partial charge < -0.3 is 19.7 Å². The summed E-state index contributed by atoms with van der Waals surface area (Å²) in [5.74, 6) is -0.805. The summed E-state index contributed by atoms with van der Waals surface area (Å²) < 4.78 is 38.1. The van der Waals surface area contributed by atoms with Gasteiger partial charge in [-0.05, 0) is 69.2 Å². The number of carbonyl (C=O) groups excluding carboxylic acids is 3. The van der Waals surface area contributed by atoms with Crippen molar-refractivity contribution in [3.8, 4) is 0 Å². The first kappa shape index (κ1) is 32.9. The number of amides is 2. The average Bonchev–Trinajstić information content (AvgIpc) is 3.49. The molecule has 0 radical (unpaired) electrons. The van der Waals surface area contributed by atoms with E-state index in [9.17, 15) is 22.8 Å². The first-order valence-corrected chi connectivity index (χ1v) is 16.7. The highest BCUT2D eigenvalue weighted by molar-refractivity contribution is 7.89. The number of esters is 1. The predicted octanol–water partition coefficient (Wildman–Crippen LogP) is 2.55. The van der Waals surface area contributed by atoms with Gasteiger partial charge in [-0.15, -0.1) is 0 Å². The number of hydrogen-bond donors (Lipinski definition) is 1. The molecule has 3 heterocycles. The van der Waals surface area contributed by atoms with Crippen LogP contribution in [-0.2, 0) is 33.9 Å². The average molecular weight is 648 g/mol. The van der Waals surface area contributed by atoms with E-state index >= 15 is 0 Å². The number of ether oxygens (including phenoxy) is 2. The lowest BCUT2D eigenvalue weighted by atomic mass is 9.93. The fourth-order valence-corrected chi connectivity index (χ4v) is 8.23. The minimum atomic E-state index is -4.08. The van der Waals surface area contributed by atoms with Crippen LogP contribution in [0.4, 0.5) is 0 Å². The maximum absolute atomic E-state index is 13.3. The second kappa shape index (κ2) is 15.2. The minimum Gasteiger partial charge on any atom is -0.467 e. The van der Waals surface area contributed by atoms with Gasteiger partial charge in [0, 0.05) is 49.2 Å². The van der Waals surface area contributed by atoms with Crippen molar-refractivity contribution >= 4 is 51.0 Å². The second-order valence-electron chi connectivity index (χ2n) is 11.1. The van der Waals surface area contributed by atoms with Crippen LogP contribution in [-0.4, -0.2) is 112 Å². The molecule has 1 aromatic carbocycles. The molecule has 234 valence electrons. The highest BCUT2D eigenvalue weighted by Crippen LogP contribution is 2.30. The van der Waals surface area contributed by atoms with E-state index in [1.54, 1.807) is 0 Å². The molecule has 42 heavy (non-hydrogen) atoms. The Bertz CT molecular complexity index is 1200. The number of carbonyl (C=O) groups is 3. The molecule has 0 saturated carbocycles. The molecule has 2 atom stereocenters. The Balaban J connectivity index is 1.29. The molecule has 4 rings (SSSR count). The molecule has 0 aromatic heterocycles. The monoisotopic (exact) mass is 646 g/mol. The number of nitrogens with one attached hydrogen (secondary N) is 1. The first-order valence-electron chi connectivity index (χ1n) is 14.5. The zero-order valence-electron chi connectivity index (χ0n) is 23.9. The molecule has 0 aliphatic carbocycles. The van der Waals surface area contributed by atoms with Gasteiger partial charge in [-0.1, -0.05) is 23.2 Å². The zero-order valence-corrected chi connectivity index (χ0v) is 26.3. The van der Waals surface area contributed by atoms with Gasteiger partial charge in [-0.3, -0.25) is 14.5 Å². The molecule has 11 nitrogen and oxygen atoms in total. The second-order valence-corrected chi connectivity index (χ2v) is 13.8. The number of sulfonamides is 1. The molecule has 3 aliphatic rings. The third-order valence-electron chi connectivity index (χ3n) is 8.32. The molecule has 0 unspecified atom stereocenters. The topological polar surface area (TPSA) is 126 Å². The van der Waals surface area contributed by atoms with Crippen LogP contribution in [0.5, 0.6) is 0 Å². The lowest BCUT2D eigenvalue weighted by Gasteiger charge is -2.34. The van der Waals surface area contributed by atoms with Gasteiger partial charge in [0.1, 0.15) is 12.1 Å². The molecular weight excluding hydrogens is 607 g/mol. The summed E-state index contributed by atoms with van der Waals surface area (Å²) in [5, 5.41) is 2.97. The van der Waals surface area contributed by atoms with Crippen molar-refractivity contribution < 1.29 is 32.3 Å². The van der Waals surface area contributed by atoms with Crippen molar-refractivity contribution in [3.63, 3.8) is 0 Å². The largest absolute Gasteiger partial charge is 0.467 e. The normalized spacial score (nSPS) is 21.7. The van der Waals surface area contributed by atoms with E-state index in [1.165, 1.54) is 25.3 Å². The molecule has 1 N–H and O–H groups in total. The lowest BCUT2D eigenvalue weighted by molar-refractivity contribution is -0.146. The van der Waals surface area contributed by atoms with E-state index in [4.69, 9.17) is 32.7 Å². The van der Waals surface area contributed by atoms with E-state index in [-0.39, 0.29) is 46.7 Å². The summed E-state index contributed by atoms with van der Waals surface area (Å²) in [6, 6.07) is 1.89. The molecule has 0 bridgehead atoms. The number of morpholine rings is 1. The number of hydrogen-bond acceptors (Lipinski definition) is 8. The maximum Gasteiger partial charge on any atom is 0.328 e. The van der Waals surface area contributed by atoms with Crippen LogP contribution < -0.4 is 5.32 Å². The molecule has 2 amide bonds. The Morgan fingerprint density at radius 3 is 2.33 bits per heavy atom. The molecule has 14 heteroatoms. The van der Waals surface area contributed by atoms with Crippen LogP contribution in [0.15, 0.2) is 23.1 Å². The zero-order chi connectivity index (χ0) is 30.3. The first-order chi connectivity index (χ1) is 20.1. The summed E-state index contributed by atoms with van der Waals surface area (Å²) >= 11 is 12.0. The van der Waals surface area contributed by atoms with Gasteiger partial charge >= 0.3 is 5.97 Å². The summed E-state index contributed by atoms with van der Waals surface area (Å²) in [6.07, 6.45) is 3.86. The number of rotatable bonds is 11. The number of benzene rings is 1. The van der Waals surface area contributed by atoms with E-state index < -0.39 is 34.0 Å². The number of piperidine rings is 1. The maximum atomic E-state index is 13.3. The Morgan fingerprint density at radius 1 is 1.02 bits per heavy atom. The van der Waals surface area contributed by atoms with Crippen LogP contribution in [0.2, 0.25) is 10.0 Å². The number of likely N-dealkylation sites (tertiary alicyclic amines) is 1. The number of methoxy groups -OCH3 is 1. The van der Waals surface area contributed by atoms with Crippen molar-refractivity contribution in [3.05, 3.63) is 28.2 Å². The summed E-state index contributed by atoms with van der Waals surface area (Å²) in [6.45, 7) is 6.05. The van der Waals surface area contributed by atoms with Gasteiger partial charge in [0.15, 0.2) is 0 Å². The van der Waals surface area contributed by atoms with Gasteiger partial charge in [0.25, 0.3) is 0 Å². The molecule has 3 aliphatic heterocycles. The minimum absolute atomic E-state index is 0.0532.